The van der Waals surface area contributed by atoms with E-state index in [0.29, 0.717) is 5.92 Å². The Bertz CT molecular complexity index is 271. The van der Waals surface area contributed by atoms with Gasteiger partial charge in [-0.25, -0.2) is 0 Å². The lowest BCUT2D eigenvalue weighted by atomic mass is 10.1. The molecule has 0 aromatic carbocycles. The third-order valence-electron chi connectivity index (χ3n) is 2.95. The third kappa shape index (κ3) is 3.81. The van der Waals surface area contributed by atoms with Crippen molar-refractivity contribution < 1.29 is 9.36 Å². The Kier molecular flexibility index (Phi) is 4.66. The second-order valence-electron chi connectivity index (χ2n) is 4.62. The van der Waals surface area contributed by atoms with Gasteiger partial charge in [0.2, 0.25) is 5.91 Å². The normalized spacial score (nSPS) is 20.2. The fourth-order valence-electron chi connectivity index (χ4n) is 2.26. The summed E-state index contributed by atoms with van der Waals surface area (Å²) >= 11 is 5.45. The summed E-state index contributed by atoms with van der Waals surface area (Å²) in [5.41, 5.74) is 0. The number of nitrogens with one attached hydrogen (secondary N) is 1. The molecule has 5 heteroatoms. The number of alkyl halides is 1. The molecule has 1 aliphatic carbocycles. The molecule has 1 amide bonds. The molecule has 0 aliphatic heterocycles. The smallest absolute Gasteiger partial charge is 0.235 e. The van der Waals surface area contributed by atoms with E-state index in [1.807, 2.05) is 0 Å². The average Bonchev–Trinajstić information content (AvgIpc) is 2.64. The predicted octanol–water partition coefficient (Wildman–Crippen LogP) is 2.48. The maximum atomic E-state index is 12.1. The Morgan fingerprint density at radius 2 is 2.00 bits per heavy atom. The van der Waals surface area contributed by atoms with Crippen LogP contribution in [0.2, 0.25) is 0 Å². The van der Waals surface area contributed by atoms with Crippen molar-refractivity contribution in [3.8, 4) is 0 Å². The Labute approximate surface area is 96.3 Å². The average molecular weight is 252 g/mol. The molecule has 0 aromatic heterocycles. The molecule has 0 aromatic rings. The van der Waals surface area contributed by atoms with Crippen LogP contribution in [-0.2, 0) is 9.36 Å². The van der Waals surface area contributed by atoms with Crippen molar-refractivity contribution in [2.45, 2.75) is 31.5 Å². The van der Waals surface area contributed by atoms with Crippen molar-refractivity contribution in [2.75, 3.05) is 19.2 Å². The fraction of sp³-hybridized carbons (Fsp3) is 0.900. The number of halogens is 1. The topological polar surface area (TPSA) is 46.2 Å². The number of rotatable bonds is 4. The first kappa shape index (κ1) is 13.1. The minimum atomic E-state index is -2.28. The van der Waals surface area contributed by atoms with Gasteiger partial charge in [0.15, 0.2) is 0 Å². The van der Waals surface area contributed by atoms with Crippen LogP contribution in [0.3, 0.4) is 0 Å². The molecule has 0 radical (unpaired) electrons. The summed E-state index contributed by atoms with van der Waals surface area (Å²) in [6, 6.07) is 0. The van der Waals surface area contributed by atoms with Crippen LogP contribution in [0.5, 0.6) is 0 Å². The van der Waals surface area contributed by atoms with Gasteiger partial charge in [-0.05, 0) is 32.1 Å². The molecule has 88 valence electrons. The lowest BCUT2D eigenvalue weighted by Gasteiger charge is -2.28. The second-order valence-corrected chi connectivity index (χ2v) is 8.32. The summed E-state index contributed by atoms with van der Waals surface area (Å²) < 4.78 is 12.1. The highest BCUT2D eigenvalue weighted by Gasteiger charge is 2.34. The largest absolute Gasteiger partial charge is 0.345 e. The zero-order chi connectivity index (χ0) is 11.5. The van der Waals surface area contributed by atoms with Crippen molar-refractivity contribution in [1.29, 1.82) is 0 Å². The van der Waals surface area contributed by atoms with Crippen LogP contribution >= 0.6 is 18.7 Å². The molecule has 1 aliphatic rings. The van der Waals surface area contributed by atoms with E-state index in [0.717, 1.165) is 12.8 Å². The van der Waals surface area contributed by atoms with Gasteiger partial charge in [-0.2, -0.15) is 0 Å². The monoisotopic (exact) mass is 251 g/mol. The van der Waals surface area contributed by atoms with Gasteiger partial charge >= 0.3 is 0 Å². The van der Waals surface area contributed by atoms with Gasteiger partial charge in [0.25, 0.3) is 0 Å². The standard InChI is InChI=1S/C10H19ClNO2P/c1-15(2,14)10(12-9(13)7-11)8-5-3-4-6-8/h8,10H,3-7H2,1-2H3,(H,12,13)/t10-/m0/s1. The quantitative estimate of drug-likeness (QED) is 0.616. The number of carbonyl (C=O) groups is 1. The van der Waals surface area contributed by atoms with Crippen LogP contribution < -0.4 is 5.32 Å². The first-order valence-corrected chi connectivity index (χ1v) is 8.55. The molecule has 1 saturated carbocycles. The molecular formula is C10H19ClNO2P. The number of hydrogen-bond acceptors (Lipinski definition) is 2. The summed E-state index contributed by atoms with van der Waals surface area (Å²) in [6.45, 7) is 3.48. The molecule has 3 nitrogen and oxygen atoms in total. The molecule has 1 N–H and O–H groups in total. The highest BCUT2D eigenvalue weighted by molar-refractivity contribution is 7.63. The van der Waals surface area contributed by atoms with Gasteiger partial charge < -0.3 is 9.88 Å². The number of amides is 1. The Hall–Kier alpha value is -0.0100. The van der Waals surface area contributed by atoms with Gasteiger partial charge in [-0.1, -0.05) is 12.8 Å². The van der Waals surface area contributed by atoms with E-state index in [4.69, 9.17) is 11.6 Å². The molecular weight excluding hydrogens is 233 g/mol. The maximum absolute atomic E-state index is 12.1. The highest BCUT2D eigenvalue weighted by atomic mass is 35.5. The lowest BCUT2D eigenvalue weighted by molar-refractivity contribution is -0.119. The summed E-state index contributed by atoms with van der Waals surface area (Å²) in [5.74, 6) is -0.0646. The van der Waals surface area contributed by atoms with Gasteiger partial charge in [0.05, 0.1) is 5.78 Å². The summed E-state index contributed by atoms with van der Waals surface area (Å²) in [6.07, 6.45) is 4.49. The zero-order valence-electron chi connectivity index (χ0n) is 9.33. The van der Waals surface area contributed by atoms with Crippen molar-refractivity contribution in [3.05, 3.63) is 0 Å². The molecule has 0 heterocycles. The Morgan fingerprint density at radius 3 is 2.40 bits per heavy atom. The van der Waals surface area contributed by atoms with E-state index in [2.05, 4.69) is 5.32 Å². The predicted molar refractivity (Wildman–Crippen MR) is 64.1 cm³/mol. The van der Waals surface area contributed by atoms with E-state index >= 15 is 0 Å². The molecule has 15 heavy (non-hydrogen) atoms. The van der Waals surface area contributed by atoms with Crippen molar-refractivity contribution in [1.82, 2.24) is 5.32 Å². The van der Waals surface area contributed by atoms with Crippen molar-refractivity contribution >= 4 is 24.7 Å². The van der Waals surface area contributed by atoms with Gasteiger partial charge in [-0.15, -0.1) is 11.6 Å². The first-order chi connectivity index (χ1) is 6.95. The molecule has 0 bridgehead atoms. The van der Waals surface area contributed by atoms with Crippen LogP contribution in [0.25, 0.3) is 0 Å². The van der Waals surface area contributed by atoms with Gasteiger partial charge in [0.1, 0.15) is 13.0 Å². The molecule has 0 unspecified atom stereocenters. The summed E-state index contributed by atoms with van der Waals surface area (Å²) in [4.78, 5) is 11.3. The molecule has 1 fully saturated rings. The van der Waals surface area contributed by atoms with Crippen molar-refractivity contribution in [3.63, 3.8) is 0 Å². The highest BCUT2D eigenvalue weighted by Crippen LogP contribution is 2.48. The Morgan fingerprint density at radius 1 is 1.47 bits per heavy atom. The molecule has 1 rings (SSSR count). The SMILES string of the molecule is CP(C)(=O)[C@H](NC(=O)CCl)C1CCCC1. The summed E-state index contributed by atoms with van der Waals surface area (Å²) in [5, 5.41) is 2.81. The molecule has 0 spiro atoms. The van der Waals surface area contributed by atoms with Gasteiger partial charge in [0, 0.05) is 0 Å². The zero-order valence-corrected chi connectivity index (χ0v) is 11.0. The second kappa shape index (κ2) is 5.36. The van der Waals surface area contributed by atoms with Crippen LogP contribution in [0.1, 0.15) is 25.7 Å². The Balaban J connectivity index is 2.69. The van der Waals surface area contributed by atoms with Crippen LogP contribution in [0.4, 0.5) is 0 Å². The first-order valence-electron chi connectivity index (χ1n) is 5.35. The fourth-order valence-corrected chi connectivity index (χ4v) is 4.10. The van der Waals surface area contributed by atoms with E-state index < -0.39 is 7.14 Å². The van der Waals surface area contributed by atoms with Crippen LogP contribution in [-0.4, -0.2) is 30.9 Å². The van der Waals surface area contributed by atoms with E-state index in [9.17, 15) is 9.36 Å². The number of hydrogen-bond donors (Lipinski definition) is 1. The van der Waals surface area contributed by atoms with E-state index in [1.165, 1.54) is 12.8 Å². The van der Waals surface area contributed by atoms with E-state index in [1.54, 1.807) is 13.3 Å². The lowest BCUT2D eigenvalue weighted by Crippen LogP contribution is -2.39. The van der Waals surface area contributed by atoms with Crippen LogP contribution in [0.15, 0.2) is 0 Å². The van der Waals surface area contributed by atoms with Crippen molar-refractivity contribution in [2.24, 2.45) is 5.92 Å². The van der Waals surface area contributed by atoms with Crippen LogP contribution in [0, 0.1) is 5.92 Å². The maximum Gasteiger partial charge on any atom is 0.235 e. The third-order valence-corrected chi connectivity index (χ3v) is 5.08. The van der Waals surface area contributed by atoms with Gasteiger partial charge in [-0.3, -0.25) is 4.79 Å². The molecule has 1 atom stereocenters. The number of carbonyl (C=O) groups excluding carboxylic acids is 1. The van der Waals surface area contributed by atoms with E-state index in [-0.39, 0.29) is 17.6 Å². The molecule has 0 saturated heterocycles. The minimum Gasteiger partial charge on any atom is -0.345 e. The minimum absolute atomic E-state index is 0.0524. The summed E-state index contributed by atoms with van der Waals surface area (Å²) in [7, 11) is -2.28.